The zero-order valence-corrected chi connectivity index (χ0v) is 21.7. The SMILES string of the molecule is COc1ccc(CCNC(=O)c2csc(CN(C(=O)Nc3cccc(Cl)c3)C(C)C)n2)cc1OC. The predicted molar refractivity (Wildman–Crippen MR) is 139 cm³/mol. The number of hydrogen-bond donors (Lipinski definition) is 2. The maximum absolute atomic E-state index is 12.8. The van der Waals surface area contributed by atoms with E-state index in [4.69, 9.17) is 21.1 Å². The summed E-state index contributed by atoms with van der Waals surface area (Å²) in [6, 6.07) is 12.3. The third-order valence-electron chi connectivity index (χ3n) is 5.20. The van der Waals surface area contributed by atoms with Crippen molar-refractivity contribution in [1.82, 2.24) is 15.2 Å². The van der Waals surface area contributed by atoms with Crippen molar-refractivity contribution >= 4 is 40.6 Å². The van der Waals surface area contributed by atoms with E-state index in [2.05, 4.69) is 15.6 Å². The topological polar surface area (TPSA) is 92.8 Å². The Balaban J connectivity index is 1.56. The average Bonchev–Trinajstić information content (AvgIpc) is 3.31. The summed E-state index contributed by atoms with van der Waals surface area (Å²) in [6.45, 7) is 4.58. The fraction of sp³-hybridized carbons (Fsp3) is 0.320. The number of hydrogen-bond acceptors (Lipinski definition) is 6. The van der Waals surface area contributed by atoms with Crippen molar-refractivity contribution in [3.63, 3.8) is 0 Å². The van der Waals surface area contributed by atoms with Crippen molar-refractivity contribution < 1.29 is 19.1 Å². The van der Waals surface area contributed by atoms with Crippen molar-refractivity contribution in [2.75, 3.05) is 26.1 Å². The molecule has 0 unspecified atom stereocenters. The van der Waals surface area contributed by atoms with Crippen LogP contribution in [0.2, 0.25) is 5.02 Å². The van der Waals surface area contributed by atoms with Crippen LogP contribution in [-0.2, 0) is 13.0 Å². The van der Waals surface area contributed by atoms with Gasteiger partial charge in [0.1, 0.15) is 10.7 Å². The third kappa shape index (κ3) is 7.34. The van der Waals surface area contributed by atoms with Crippen LogP contribution >= 0.6 is 22.9 Å². The Morgan fingerprint density at radius 1 is 1.11 bits per heavy atom. The minimum Gasteiger partial charge on any atom is -0.493 e. The number of thiazole rings is 1. The molecule has 0 saturated heterocycles. The normalized spacial score (nSPS) is 10.7. The van der Waals surface area contributed by atoms with E-state index < -0.39 is 0 Å². The van der Waals surface area contributed by atoms with Gasteiger partial charge in [0.2, 0.25) is 0 Å². The lowest BCUT2D eigenvalue weighted by Gasteiger charge is -2.26. The lowest BCUT2D eigenvalue weighted by atomic mass is 10.1. The number of methoxy groups -OCH3 is 2. The molecule has 0 fully saturated rings. The molecule has 3 amide bonds. The molecule has 0 radical (unpaired) electrons. The number of anilines is 1. The first kappa shape index (κ1) is 26.3. The van der Waals surface area contributed by atoms with Gasteiger partial charge in [-0.05, 0) is 56.2 Å². The summed E-state index contributed by atoms with van der Waals surface area (Å²) >= 11 is 7.35. The van der Waals surface area contributed by atoms with E-state index in [9.17, 15) is 9.59 Å². The van der Waals surface area contributed by atoms with Gasteiger partial charge in [0.15, 0.2) is 11.5 Å². The van der Waals surface area contributed by atoms with Gasteiger partial charge in [0.25, 0.3) is 5.91 Å². The average molecular weight is 517 g/mol. The number of nitrogens with one attached hydrogen (secondary N) is 2. The van der Waals surface area contributed by atoms with Crippen molar-refractivity contribution in [3.8, 4) is 11.5 Å². The van der Waals surface area contributed by atoms with Gasteiger partial charge < -0.3 is 25.0 Å². The molecular weight excluding hydrogens is 488 g/mol. The van der Waals surface area contributed by atoms with Crippen LogP contribution < -0.4 is 20.1 Å². The molecule has 186 valence electrons. The molecule has 0 bridgehead atoms. The molecule has 2 aromatic carbocycles. The standard InChI is InChI=1S/C25H29ClN4O4S/c1-16(2)30(25(32)28-19-7-5-6-18(26)13-19)14-23-29-20(15-35-23)24(31)27-11-10-17-8-9-21(33-3)22(12-17)34-4/h5-9,12-13,15-16H,10-11,14H2,1-4H3,(H,27,31)(H,28,32). The van der Waals surface area contributed by atoms with Gasteiger partial charge >= 0.3 is 6.03 Å². The van der Waals surface area contributed by atoms with Gasteiger partial charge in [-0.1, -0.05) is 23.7 Å². The molecule has 1 heterocycles. The minimum atomic E-state index is -0.265. The van der Waals surface area contributed by atoms with E-state index in [-0.39, 0.29) is 24.5 Å². The summed E-state index contributed by atoms with van der Waals surface area (Å²) in [5.74, 6) is 1.05. The summed E-state index contributed by atoms with van der Waals surface area (Å²) in [5.41, 5.74) is 1.96. The van der Waals surface area contributed by atoms with E-state index in [1.165, 1.54) is 11.3 Å². The second-order valence-electron chi connectivity index (χ2n) is 7.98. The highest BCUT2D eigenvalue weighted by atomic mass is 35.5. The molecule has 0 atom stereocenters. The summed E-state index contributed by atoms with van der Waals surface area (Å²) in [6.07, 6.45) is 0.633. The molecule has 3 rings (SSSR count). The van der Waals surface area contributed by atoms with Crippen LogP contribution in [0, 0.1) is 0 Å². The molecule has 35 heavy (non-hydrogen) atoms. The Kier molecular flexibility index (Phi) is 9.33. The van der Waals surface area contributed by atoms with Crippen LogP contribution in [0.5, 0.6) is 11.5 Å². The largest absolute Gasteiger partial charge is 0.493 e. The molecular formula is C25H29ClN4O4S. The summed E-state index contributed by atoms with van der Waals surface area (Å²) in [7, 11) is 3.18. The number of urea groups is 1. The maximum atomic E-state index is 12.8. The van der Waals surface area contributed by atoms with E-state index >= 15 is 0 Å². The van der Waals surface area contributed by atoms with E-state index in [1.54, 1.807) is 48.8 Å². The van der Waals surface area contributed by atoms with Gasteiger partial charge in [-0.15, -0.1) is 11.3 Å². The van der Waals surface area contributed by atoms with Gasteiger partial charge in [-0.3, -0.25) is 4.79 Å². The lowest BCUT2D eigenvalue weighted by Crippen LogP contribution is -2.39. The lowest BCUT2D eigenvalue weighted by molar-refractivity contribution is 0.0949. The highest BCUT2D eigenvalue weighted by Gasteiger charge is 2.20. The zero-order valence-electron chi connectivity index (χ0n) is 20.1. The van der Waals surface area contributed by atoms with Crippen LogP contribution in [0.4, 0.5) is 10.5 Å². The van der Waals surface area contributed by atoms with Crippen molar-refractivity contribution in [2.45, 2.75) is 32.9 Å². The van der Waals surface area contributed by atoms with Crippen molar-refractivity contribution in [1.29, 1.82) is 0 Å². The second kappa shape index (κ2) is 12.4. The Morgan fingerprint density at radius 3 is 2.57 bits per heavy atom. The van der Waals surface area contributed by atoms with Crippen molar-refractivity contribution in [2.24, 2.45) is 0 Å². The molecule has 0 saturated carbocycles. The Hall–Kier alpha value is -3.30. The van der Waals surface area contributed by atoms with E-state index in [1.807, 2.05) is 32.0 Å². The molecule has 2 N–H and O–H groups in total. The number of carbonyl (C=O) groups excluding carboxylic acids is 2. The van der Waals surface area contributed by atoms with Gasteiger partial charge in [-0.25, -0.2) is 9.78 Å². The molecule has 1 aromatic heterocycles. The van der Waals surface area contributed by atoms with Gasteiger partial charge in [0.05, 0.1) is 20.8 Å². The van der Waals surface area contributed by atoms with Crippen LogP contribution in [0.1, 0.15) is 34.9 Å². The minimum absolute atomic E-state index is 0.0724. The number of carbonyl (C=O) groups is 2. The van der Waals surface area contributed by atoms with E-state index in [0.717, 1.165) is 5.56 Å². The van der Waals surface area contributed by atoms with Crippen LogP contribution in [0.25, 0.3) is 0 Å². The predicted octanol–water partition coefficient (Wildman–Crippen LogP) is 5.23. The molecule has 10 heteroatoms. The number of aromatic nitrogens is 1. The number of halogens is 1. The third-order valence-corrected chi connectivity index (χ3v) is 6.27. The molecule has 0 aliphatic heterocycles. The maximum Gasteiger partial charge on any atom is 0.322 e. The second-order valence-corrected chi connectivity index (χ2v) is 9.36. The number of ether oxygens (including phenoxy) is 2. The number of amides is 3. The summed E-state index contributed by atoms with van der Waals surface area (Å²) in [4.78, 5) is 31.5. The Bertz CT molecular complexity index is 1170. The first-order valence-electron chi connectivity index (χ1n) is 11.1. The Labute approximate surface area is 214 Å². The zero-order chi connectivity index (χ0) is 25.4. The number of rotatable bonds is 10. The fourth-order valence-electron chi connectivity index (χ4n) is 3.33. The van der Waals surface area contributed by atoms with Gasteiger partial charge in [0, 0.05) is 28.7 Å². The van der Waals surface area contributed by atoms with Crippen LogP contribution in [0.15, 0.2) is 47.8 Å². The molecule has 8 nitrogen and oxygen atoms in total. The van der Waals surface area contributed by atoms with Crippen LogP contribution in [0.3, 0.4) is 0 Å². The summed E-state index contributed by atoms with van der Waals surface area (Å²) in [5, 5.41) is 8.66. The monoisotopic (exact) mass is 516 g/mol. The van der Waals surface area contributed by atoms with Crippen LogP contribution in [-0.4, -0.2) is 48.6 Å². The molecule has 0 spiro atoms. The van der Waals surface area contributed by atoms with Crippen molar-refractivity contribution in [3.05, 3.63) is 69.1 Å². The molecule has 3 aromatic rings. The highest BCUT2D eigenvalue weighted by molar-refractivity contribution is 7.09. The fourth-order valence-corrected chi connectivity index (χ4v) is 4.29. The van der Waals surface area contributed by atoms with E-state index in [0.29, 0.717) is 45.9 Å². The molecule has 0 aliphatic carbocycles. The number of nitrogens with zero attached hydrogens (tertiary/aromatic N) is 2. The number of benzene rings is 2. The highest BCUT2D eigenvalue weighted by Crippen LogP contribution is 2.27. The Morgan fingerprint density at radius 2 is 1.89 bits per heavy atom. The molecule has 0 aliphatic rings. The first-order chi connectivity index (χ1) is 16.8. The first-order valence-corrected chi connectivity index (χ1v) is 12.3. The smallest absolute Gasteiger partial charge is 0.322 e. The summed E-state index contributed by atoms with van der Waals surface area (Å²) < 4.78 is 10.6. The van der Waals surface area contributed by atoms with Gasteiger partial charge in [-0.2, -0.15) is 0 Å². The quantitative estimate of drug-likeness (QED) is 0.385.